The number of allylic oxidation sites excluding steroid dienone is 1. The Bertz CT molecular complexity index is 424. The fraction of sp³-hybridized carbons (Fsp3) is 0.250. The first-order chi connectivity index (χ1) is 8.05. The molecule has 0 saturated carbocycles. The molecule has 0 atom stereocenters. The molecule has 0 aliphatic rings. The number of esters is 1. The van der Waals surface area contributed by atoms with Crippen LogP contribution in [-0.4, -0.2) is 13.1 Å². The second-order valence-electron chi connectivity index (χ2n) is 3.33. The van der Waals surface area contributed by atoms with Crippen molar-refractivity contribution in [1.82, 2.24) is 0 Å². The Labute approximate surface area is 110 Å². The molecule has 0 heterocycles. The summed E-state index contributed by atoms with van der Waals surface area (Å²) in [5.74, 6) is -0.400. The average Bonchev–Trinajstić information content (AvgIpc) is 2.26. The molecular formula is C12H13Cl2NO2. The maximum absolute atomic E-state index is 11.1. The van der Waals surface area contributed by atoms with Gasteiger partial charge in [0.05, 0.1) is 7.11 Å². The van der Waals surface area contributed by atoms with Gasteiger partial charge in [-0.2, -0.15) is 0 Å². The molecule has 0 spiro atoms. The maximum atomic E-state index is 11.1. The molecule has 1 N–H and O–H groups in total. The van der Waals surface area contributed by atoms with Crippen molar-refractivity contribution in [3.8, 4) is 0 Å². The Morgan fingerprint density at radius 3 is 2.41 bits per heavy atom. The molecule has 0 aliphatic carbocycles. The van der Waals surface area contributed by atoms with Crippen molar-refractivity contribution in [2.45, 2.75) is 13.3 Å². The van der Waals surface area contributed by atoms with E-state index in [0.29, 0.717) is 16.5 Å². The molecular weight excluding hydrogens is 261 g/mol. The van der Waals surface area contributed by atoms with Crippen LogP contribution in [0.1, 0.15) is 13.3 Å². The molecule has 5 heteroatoms. The van der Waals surface area contributed by atoms with Gasteiger partial charge in [-0.3, -0.25) is 0 Å². The monoisotopic (exact) mass is 273 g/mol. The summed E-state index contributed by atoms with van der Waals surface area (Å²) in [5, 5.41) is 4.14. The van der Waals surface area contributed by atoms with Gasteiger partial charge in [0.15, 0.2) is 0 Å². The van der Waals surface area contributed by atoms with Gasteiger partial charge in [-0.1, -0.05) is 30.1 Å². The Kier molecular flexibility index (Phi) is 5.32. The summed E-state index contributed by atoms with van der Waals surface area (Å²) in [6, 6.07) is 5.10. The highest BCUT2D eigenvalue weighted by atomic mass is 35.5. The number of rotatable bonds is 4. The van der Waals surface area contributed by atoms with E-state index < -0.39 is 5.97 Å². The van der Waals surface area contributed by atoms with Crippen molar-refractivity contribution in [2.75, 3.05) is 12.4 Å². The Morgan fingerprint density at radius 1 is 1.35 bits per heavy atom. The molecule has 1 rings (SSSR count). The number of ether oxygens (including phenoxy) is 1. The zero-order chi connectivity index (χ0) is 12.8. The first-order valence-electron chi connectivity index (χ1n) is 5.06. The van der Waals surface area contributed by atoms with E-state index in [9.17, 15) is 4.79 Å². The van der Waals surface area contributed by atoms with Crippen LogP contribution in [0, 0.1) is 0 Å². The molecule has 0 saturated heterocycles. The molecule has 17 heavy (non-hydrogen) atoms. The molecule has 92 valence electrons. The average molecular weight is 274 g/mol. The molecule has 0 fully saturated rings. The van der Waals surface area contributed by atoms with Crippen LogP contribution in [0.4, 0.5) is 5.69 Å². The van der Waals surface area contributed by atoms with Gasteiger partial charge in [0.1, 0.15) is 0 Å². The van der Waals surface area contributed by atoms with Crippen molar-refractivity contribution < 1.29 is 9.53 Å². The van der Waals surface area contributed by atoms with E-state index in [1.165, 1.54) is 13.2 Å². The van der Waals surface area contributed by atoms with Gasteiger partial charge in [0.2, 0.25) is 0 Å². The molecule has 0 aliphatic heterocycles. The lowest BCUT2D eigenvalue weighted by Gasteiger charge is -2.09. The number of hydrogen-bond acceptors (Lipinski definition) is 3. The van der Waals surface area contributed by atoms with Gasteiger partial charge in [-0.05, 0) is 24.6 Å². The summed E-state index contributed by atoms with van der Waals surface area (Å²) < 4.78 is 4.56. The summed E-state index contributed by atoms with van der Waals surface area (Å²) >= 11 is 11.7. The summed E-state index contributed by atoms with van der Waals surface area (Å²) in [6.07, 6.45) is 2.06. The molecule has 1 aromatic carbocycles. The van der Waals surface area contributed by atoms with Crippen LogP contribution in [0.5, 0.6) is 0 Å². The minimum Gasteiger partial charge on any atom is -0.466 e. The van der Waals surface area contributed by atoms with Gasteiger partial charge in [0.25, 0.3) is 0 Å². The normalized spacial score (nSPS) is 11.2. The summed E-state index contributed by atoms with van der Waals surface area (Å²) in [7, 11) is 1.34. The van der Waals surface area contributed by atoms with Crippen LogP contribution in [0.15, 0.2) is 30.0 Å². The number of methoxy groups -OCH3 is 1. The van der Waals surface area contributed by atoms with Crippen LogP contribution >= 0.6 is 23.2 Å². The third kappa shape index (κ3) is 4.67. The number of anilines is 1. The predicted octanol–water partition coefficient (Wildman–Crippen LogP) is 3.87. The molecule has 0 radical (unpaired) electrons. The van der Waals surface area contributed by atoms with E-state index in [1.807, 2.05) is 6.92 Å². The number of nitrogens with one attached hydrogen (secondary N) is 1. The van der Waals surface area contributed by atoms with Crippen LogP contribution in [-0.2, 0) is 9.53 Å². The minimum atomic E-state index is -0.400. The van der Waals surface area contributed by atoms with Crippen LogP contribution in [0.25, 0.3) is 0 Å². The lowest BCUT2D eigenvalue weighted by molar-refractivity contribution is -0.134. The largest absolute Gasteiger partial charge is 0.466 e. The third-order valence-electron chi connectivity index (χ3n) is 2.04. The maximum Gasteiger partial charge on any atom is 0.332 e. The number of benzene rings is 1. The second-order valence-corrected chi connectivity index (χ2v) is 4.20. The van der Waals surface area contributed by atoms with Crippen molar-refractivity contribution in [3.05, 3.63) is 40.0 Å². The SMILES string of the molecule is CC/C(=C/C(=O)OC)Nc1cc(Cl)cc(Cl)c1. The number of hydrogen-bond donors (Lipinski definition) is 1. The Morgan fingerprint density at radius 2 is 1.94 bits per heavy atom. The smallest absolute Gasteiger partial charge is 0.332 e. The standard InChI is InChI=1S/C12H13Cl2NO2/c1-3-10(7-12(16)17-2)15-11-5-8(13)4-9(14)6-11/h4-7,15H,3H2,1-2H3/b10-7-. The number of halogens is 2. The van der Waals surface area contributed by atoms with Crippen LogP contribution < -0.4 is 5.32 Å². The highest BCUT2D eigenvalue weighted by Crippen LogP contribution is 2.23. The first kappa shape index (κ1) is 13.9. The van der Waals surface area contributed by atoms with Crippen molar-refractivity contribution in [1.29, 1.82) is 0 Å². The van der Waals surface area contributed by atoms with E-state index in [2.05, 4.69) is 10.1 Å². The van der Waals surface area contributed by atoms with E-state index in [1.54, 1.807) is 18.2 Å². The lowest BCUT2D eigenvalue weighted by Crippen LogP contribution is -2.04. The van der Waals surface area contributed by atoms with E-state index in [-0.39, 0.29) is 0 Å². The van der Waals surface area contributed by atoms with Gasteiger partial charge in [-0.25, -0.2) is 4.79 Å². The molecule has 0 aromatic heterocycles. The van der Waals surface area contributed by atoms with E-state index in [0.717, 1.165) is 11.4 Å². The molecule has 1 aromatic rings. The van der Waals surface area contributed by atoms with Gasteiger partial charge in [0, 0.05) is 27.5 Å². The molecule has 0 bridgehead atoms. The van der Waals surface area contributed by atoms with E-state index in [4.69, 9.17) is 23.2 Å². The van der Waals surface area contributed by atoms with Crippen LogP contribution in [0.3, 0.4) is 0 Å². The first-order valence-corrected chi connectivity index (χ1v) is 5.82. The summed E-state index contributed by atoms with van der Waals surface area (Å²) in [6.45, 7) is 1.92. The lowest BCUT2D eigenvalue weighted by atomic mass is 10.2. The van der Waals surface area contributed by atoms with Gasteiger partial charge in [-0.15, -0.1) is 0 Å². The second kappa shape index (κ2) is 6.52. The Hall–Kier alpha value is -1.19. The Balaban J connectivity index is 2.87. The zero-order valence-electron chi connectivity index (χ0n) is 9.59. The molecule has 0 amide bonds. The van der Waals surface area contributed by atoms with Crippen molar-refractivity contribution >= 4 is 34.9 Å². The van der Waals surface area contributed by atoms with E-state index >= 15 is 0 Å². The highest BCUT2D eigenvalue weighted by Gasteiger charge is 2.02. The van der Waals surface area contributed by atoms with Gasteiger partial charge >= 0.3 is 5.97 Å². The molecule has 0 unspecified atom stereocenters. The predicted molar refractivity (Wildman–Crippen MR) is 70.5 cm³/mol. The number of carbonyl (C=O) groups is 1. The van der Waals surface area contributed by atoms with Crippen molar-refractivity contribution in [3.63, 3.8) is 0 Å². The zero-order valence-corrected chi connectivity index (χ0v) is 11.1. The number of carbonyl (C=O) groups excluding carboxylic acids is 1. The summed E-state index contributed by atoms with van der Waals surface area (Å²) in [5.41, 5.74) is 1.47. The van der Waals surface area contributed by atoms with Crippen LogP contribution in [0.2, 0.25) is 10.0 Å². The molecule has 3 nitrogen and oxygen atoms in total. The minimum absolute atomic E-state index is 0.400. The highest BCUT2D eigenvalue weighted by molar-refractivity contribution is 6.35. The fourth-order valence-corrected chi connectivity index (χ4v) is 1.77. The summed E-state index contributed by atoms with van der Waals surface area (Å²) in [4.78, 5) is 11.1. The fourth-order valence-electron chi connectivity index (χ4n) is 1.24. The van der Waals surface area contributed by atoms with Gasteiger partial charge < -0.3 is 10.1 Å². The quantitative estimate of drug-likeness (QED) is 0.669. The topological polar surface area (TPSA) is 38.3 Å². The third-order valence-corrected chi connectivity index (χ3v) is 2.48. The van der Waals surface area contributed by atoms with Crippen molar-refractivity contribution in [2.24, 2.45) is 0 Å².